The van der Waals surface area contributed by atoms with Gasteiger partial charge in [-0.3, -0.25) is 4.21 Å². The summed E-state index contributed by atoms with van der Waals surface area (Å²) in [6.07, 6.45) is 0. The maximum Gasteiger partial charge on any atom is 0.122 e. The maximum atomic E-state index is 12.5. The van der Waals surface area contributed by atoms with E-state index in [0.29, 0.717) is 28.0 Å². The molecule has 0 spiro atoms. The Bertz CT molecular complexity index is 654. The molecule has 104 valence electrons. The molecule has 1 aliphatic heterocycles. The van der Waals surface area contributed by atoms with Crippen LogP contribution < -0.4 is 10.5 Å². The van der Waals surface area contributed by atoms with Gasteiger partial charge >= 0.3 is 0 Å². The molecule has 2 aromatic carbocycles. The Balaban J connectivity index is 1.85. The van der Waals surface area contributed by atoms with Crippen molar-refractivity contribution >= 4 is 28.1 Å². The zero-order valence-electron chi connectivity index (χ0n) is 10.7. The predicted molar refractivity (Wildman–Crippen MR) is 81.8 cm³/mol. The first-order valence-corrected chi connectivity index (χ1v) is 8.00. The molecule has 3 rings (SSSR count). The Labute approximate surface area is 125 Å². The molecule has 2 N–H and O–H groups in total. The first kappa shape index (κ1) is 13.5. The van der Waals surface area contributed by atoms with Crippen molar-refractivity contribution in [2.24, 2.45) is 0 Å². The highest BCUT2D eigenvalue weighted by Crippen LogP contribution is 2.36. The lowest BCUT2D eigenvalue weighted by Gasteiger charge is -2.11. The summed E-state index contributed by atoms with van der Waals surface area (Å²) in [5, 5.41) is 0.454. The summed E-state index contributed by atoms with van der Waals surface area (Å²) in [4.78, 5) is 0.526. The number of halogens is 1. The number of anilines is 1. The summed E-state index contributed by atoms with van der Waals surface area (Å²) in [7, 11) is -1.24. The molecule has 1 heterocycles. The highest BCUT2D eigenvalue weighted by Gasteiger charge is 2.27. The molecule has 2 unspecified atom stereocenters. The second-order valence-electron chi connectivity index (χ2n) is 4.72. The molecule has 0 saturated carbocycles. The van der Waals surface area contributed by atoms with Crippen molar-refractivity contribution < 1.29 is 8.95 Å². The Morgan fingerprint density at radius 1 is 1.25 bits per heavy atom. The van der Waals surface area contributed by atoms with Crippen LogP contribution in [0.15, 0.2) is 47.4 Å². The minimum Gasteiger partial charge on any atom is -0.493 e. The number of fused-ring (bicyclic) bond motifs is 1. The van der Waals surface area contributed by atoms with Gasteiger partial charge < -0.3 is 10.5 Å². The van der Waals surface area contributed by atoms with Gasteiger partial charge in [0.25, 0.3) is 0 Å². The lowest BCUT2D eigenvalue weighted by atomic mass is 10.0. The molecule has 0 aromatic heterocycles. The Morgan fingerprint density at radius 2 is 2.05 bits per heavy atom. The van der Waals surface area contributed by atoms with Crippen molar-refractivity contribution in [3.05, 3.63) is 53.1 Å². The molecule has 0 fully saturated rings. The van der Waals surface area contributed by atoms with Crippen molar-refractivity contribution in [3.63, 3.8) is 0 Å². The predicted octanol–water partition coefficient (Wildman–Crippen LogP) is 3.21. The third-order valence-corrected chi connectivity index (χ3v) is 5.42. The third kappa shape index (κ3) is 2.41. The minimum atomic E-state index is -1.24. The smallest absolute Gasteiger partial charge is 0.122 e. The van der Waals surface area contributed by atoms with Gasteiger partial charge in [-0.2, -0.15) is 0 Å². The number of hydrogen-bond donors (Lipinski definition) is 1. The van der Waals surface area contributed by atoms with Gasteiger partial charge in [-0.15, -0.1) is 0 Å². The summed E-state index contributed by atoms with van der Waals surface area (Å²) in [6.45, 7) is 0.551. The van der Waals surface area contributed by atoms with Crippen LogP contribution in [0.4, 0.5) is 5.69 Å². The van der Waals surface area contributed by atoms with Crippen molar-refractivity contribution in [1.82, 2.24) is 0 Å². The van der Waals surface area contributed by atoms with Gasteiger partial charge in [-0.25, -0.2) is 0 Å². The number of para-hydroxylation sites is 1. The van der Waals surface area contributed by atoms with E-state index in [1.165, 1.54) is 0 Å². The normalized spacial score (nSPS) is 18.4. The molecule has 2 aromatic rings. The van der Waals surface area contributed by atoms with Crippen molar-refractivity contribution in [2.45, 2.75) is 10.8 Å². The van der Waals surface area contributed by atoms with Gasteiger partial charge in [-0.1, -0.05) is 35.9 Å². The molecule has 0 amide bonds. The lowest BCUT2D eigenvalue weighted by Crippen LogP contribution is -2.12. The second-order valence-corrected chi connectivity index (χ2v) is 6.56. The molecule has 2 atom stereocenters. The number of nitrogens with two attached hydrogens (primary N) is 1. The average Bonchev–Trinajstić information content (AvgIpc) is 2.82. The van der Waals surface area contributed by atoms with E-state index >= 15 is 0 Å². The van der Waals surface area contributed by atoms with Crippen molar-refractivity contribution in [3.8, 4) is 5.75 Å². The highest BCUT2D eigenvalue weighted by atomic mass is 35.5. The molecule has 5 heteroatoms. The van der Waals surface area contributed by atoms with Gasteiger partial charge in [0, 0.05) is 22.9 Å². The van der Waals surface area contributed by atoms with E-state index in [-0.39, 0.29) is 5.92 Å². The third-order valence-electron chi connectivity index (χ3n) is 3.38. The van der Waals surface area contributed by atoms with Crippen molar-refractivity contribution in [1.29, 1.82) is 0 Å². The Morgan fingerprint density at radius 3 is 2.85 bits per heavy atom. The quantitative estimate of drug-likeness (QED) is 0.886. The average molecular weight is 308 g/mol. The number of nitrogen functional groups attached to an aromatic ring is 1. The zero-order chi connectivity index (χ0) is 14.1. The number of hydrogen-bond acceptors (Lipinski definition) is 3. The van der Waals surface area contributed by atoms with E-state index in [1.54, 1.807) is 18.2 Å². The molecular weight excluding hydrogens is 294 g/mol. The summed E-state index contributed by atoms with van der Waals surface area (Å²) < 4.78 is 18.2. The van der Waals surface area contributed by atoms with E-state index < -0.39 is 10.8 Å². The van der Waals surface area contributed by atoms with Crippen LogP contribution in [0.1, 0.15) is 11.5 Å². The fourth-order valence-corrected chi connectivity index (χ4v) is 4.26. The topological polar surface area (TPSA) is 52.3 Å². The molecule has 1 aliphatic rings. The summed E-state index contributed by atoms with van der Waals surface area (Å²) in [5.41, 5.74) is 7.46. The standard InChI is InChI=1S/C15H14ClNO2S/c16-12-5-3-6-13(17)15(12)20(18)9-10-8-19-14-7-2-1-4-11(10)14/h1-7,10H,8-9,17H2. The van der Waals surface area contributed by atoms with Crippen LogP contribution in [0.25, 0.3) is 0 Å². The zero-order valence-corrected chi connectivity index (χ0v) is 12.3. The molecular formula is C15H14ClNO2S. The van der Waals surface area contributed by atoms with Crippen LogP contribution in [0.5, 0.6) is 5.75 Å². The Hall–Kier alpha value is -1.52. The summed E-state index contributed by atoms with van der Waals surface area (Å²) in [5.74, 6) is 1.45. The van der Waals surface area contributed by atoms with Crippen LogP contribution in [-0.2, 0) is 10.8 Å². The fourth-order valence-electron chi connectivity index (χ4n) is 2.40. The number of rotatable bonds is 3. The van der Waals surface area contributed by atoms with Crippen LogP contribution in [0, 0.1) is 0 Å². The van der Waals surface area contributed by atoms with Gasteiger partial charge in [0.05, 0.1) is 27.3 Å². The number of ether oxygens (including phenoxy) is 1. The van der Waals surface area contributed by atoms with E-state index in [2.05, 4.69) is 0 Å². The minimum absolute atomic E-state index is 0.114. The van der Waals surface area contributed by atoms with E-state index in [4.69, 9.17) is 22.1 Å². The van der Waals surface area contributed by atoms with Crippen LogP contribution in [-0.4, -0.2) is 16.6 Å². The molecule has 0 radical (unpaired) electrons. The SMILES string of the molecule is Nc1cccc(Cl)c1S(=O)CC1COc2ccccc21. The summed E-state index contributed by atoms with van der Waals surface area (Å²) >= 11 is 6.11. The molecule has 20 heavy (non-hydrogen) atoms. The van der Waals surface area contributed by atoms with Gasteiger partial charge in [-0.05, 0) is 18.2 Å². The number of benzene rings is 2. The van der Waals surface area contributed by atoms with Gasteiger partial charge in [0.15, 0.2) is 0 Å². The monoisotopic (exact) mass is 307 g/mol. The molecule has 3 nitrogen and oxygen atoms in total. The van der Waals surface area contributed by atoms with Gasteiger partial charge in [0.1, 0.15) is 5.75 Å². The fraction of sp³-hybridized carbons (Fsp3) is 0.200. The highest BCUT2D eigenvalue weighted by molar-refractivity contribution is 7.85. The van der Waals surface area contributed by atoms with E-state index in [1.807, 2.05) is 24.3 Å². The second kappa shape index (κ2) is 5.46. The maximum absolute atomic E-state index is 12.5. The molecule has 0 aliphatic carbocycles. The molecule has 0 bridgehead atoms. The Kier molecular flexibility index (Phi) is 3.68. The van der Waals surface area contributed by atoms with Gasteiger partial charge in [0.2, 0.25) is 0 Å². The van der Waals surface area contributed by atoms with Crippen molar-refractivity contribution in [2.75, 3.05) is 18.1 Å². The molecule has 0 saturated heterocycles. The first-order chi connectivity index (χ1) is 9.66. The largest absolute Gasteiger partial charge is 0.493 e. The van der Waals surface area contributed by atoms with E-state index in [0.717, 1.165) is 11.3 Å². The van der Waals surface area contributed by atoms with Crippen LogP contribution >= 0.6 is 11.6 Å². The van der Waals surface area contributed by atoms with Crippen LogP contribution in [0.2, 0.25) is 5.02 Å². The van der Waals surface area contributed by atoms with Crippen LogP contribution in [0.3, 0.4) is 0 Å². The first-order valence-electron chi connectivity index (χ1n) is 6.31. The lowest BCUT2D eigenvalue weighted by molar-refractivity contribution is 0.338. The summed E-state index contributed by atoms with van der Waals surface area (Å²) in [6, 6.07) is 13.0. The van der Waals surface area contributed by atoms with E-state index in [9.17, 15) is 4.21 Å².